The second-order valence-corrected chi connectivity index (χ2v) is 14.6. The van der Waals surface area contributed by atoms with Crippen molar-refractivity contribution < 1.29 is 29.5 Å². The Morgan fingerprint density at radius 1 is 0.764 bits per heavy atom. The van der Waals surface area contributed by atoms with Crippen molar-refractivity contribution in [1.82, 2.24) is 48.6 Å². The van der Waals surface area contributed by atoms with Crippen molar-refractivity contribution in [3.8, 4) is 0 Å². The number of aromatic amines is 1. The molecule has 0 saturated carbocycles. The fourth-order valence-corrected chi connectivity index (χ4v) is 7.40. The molecule has 296 valence electrons. The van der Waals surface area contributed by atoms with Gasteiger partial charge in [0.05, 0.1) is 69.6 Å². The number of hydrogen-bond acceptors (Lipinski definition) is 16. The predicted octanol–water partition coefficient (Wildman–Crippen LogP) is 1.69. The highest BCUT2D eigenvalue weighted by atomic mass is 16.5. The smallest absolute Gasteiger partial charge is 0.278 e. The van der Waals surface area contributed by atoms with E-state index < -0.39 is 6.17 Å². The monoisotopic (exact) mass is 763 g/mol. The Morgan fingerprint density at radius 2 is 1.31 bits per heavy atom. The molecular weight excluding hydrogens is 714 g/mol. The average molecular weight is 764 g/mol. The van der Waals surface area contributed by atoms with E-state index >= 15 is 0 Å². The lowest BCUT2D eigenvalue weighted by Crippen LogP contribution is -2.24. The van der Waals surface area contributed by atoms with Crippen LogP contribution in [0.4, 0.5) is 5.82 Å². The lowest BCUT2D eigenvalue weighted by atomic mass is 10.0. The number of fused-ring (bicyclic) bond motifs is 3. The Hall–Kier alpha value is -4.70. The number of nitrogens with zero attached hydrogens (tertiary/aromatic N) is 10. The Kier molecular flexibility index (Phi) is 11.3. The van der Waals surface area contributed by atoms with Crippen molar-refractivity contribution in [2.45, 2.75) is 97.0 Å². The van der Waals surface area contributed by atoms with Crippen molar-refractivity contribution >= 4 is 34.0 Å². The summed E-state index contributed by atoms with van der Waals surface area (Å²) >= 11 is 0. The normalized spacial score (nSPS) is 30.0. The summed E-state index contributed by atoms with van der Waals surface area (Å²) in [6.45, 7) is 10.0. The van der Waals surface area contributed by atoms with Gasteiger partial charge in [0.15, 0.2) is 16.8 Å². The van der Waals surface area contributed by atoms with E-state index in [0.717, 1.165) is 47.8 Å². The number of amidine groups is 1. The molecule has 3 saturated heterocycles. The SMILES string of the molecule is CC1=NC(N)c2ncn(C3CC(C)C(CO)O3)c2N1.C[C@H]1CC(n2cnc3c(=O)[nH]cnc32)OC1CO.Cc1ncc2ncn(C3CC(C)C(CO)O3)c2n1. The topological polar surface area (TPSA) is 264 Å². The van der Waals surface area contributed by atoms with Gasteiger partial charge in [0.25, 0.3) is 5.56 Å². The Bertz CT molecular complexity index is 2180. The number of aliphatic hydroxyl groups excluding tert-OH is 3. The highest BCUT2D eigenvalue weighted by Gasteiger charge is 2.36. The number of anilines is 1. The zero-order chi connectivity index (χ0) is 39.0. The fourth-order valence-electron chi connectivity index (χ4n) is 7.40. The van der Waals surface area contributed by atoms with Crippen LogP contribution in [0.3, 0.4) is 0 Å². The molecule has 9 rings (SSSR count). The third-order valence-corrected chi connectivity index (χ3v) is 10.6. The lowest BCUT2D eigenvalue weighted by molar-refractivity contribution is -0.0284. The van der Waals surface area contributed by atoms with Gasteiger partial charge < -0.3 is 45.6 Å². The molecule has 5 aromatic heterocycles. The van der Waals surface area contributed by atoms with Crippen LogP contribution in [0, 0.1) is 24.7 Å². The minimum atomic E-state index is -0.426. The van der Waals surface area contributed by atoms with Crippen LogP contribution in [-0.2, 0) is 14.2 Å². The van der Waals surface area contributed by atoms with E-state index in [1.165, 1.54) is 6.33 Å². The molecule has 7 N–H and O–H groups in total. The number of ether oxygens (including phenoxy) is 3. The quantitative estimate of drug-likeness (QED) is 0.144. The van der Waals surface area contributed by atoms with Gasteiger partial charge in [0.1, 0.15) is 53.5 Å². The highest BCUT2D eigenvalue weighted by molar-refractivity contribution is 5.95. The molecule has 55 heavy (non-hydrogen) atoms. The van der Waals surface area contributed by atoms with Crippen LogP contribution >= 0.6 is 0 Å². The molecule has 5 aromatic rings. The van der Waals surface area contributed by atoms with Crippen molar-refractivity contribution in [2.75, 3.05) is 25.1 Å². The zero-order valence-electron chi connectivity index (χ0n) is 31.4. The Balaban J connectivity index is 0.000000127. The van der Waals surface area contributed by atoms with Crippen molar-refractivity contribution in [3.05, 3.63) is 53.4 Å². The molecule has 4 aliphatic rings. The van der Waals surface area contributed by atoms with Crippen molar-refractivity contribution in [1.29, 1.82) is 0 Å². The number of nitrogens with one attached hydrogen (secondary N) is 2. The molecule has 4 aliphatic heterocycles. The van der Waals surface area contributed by atoms with Gasteiger partial charge in [-0.2, -0.15) is 0 Å². The second kappa shape index (κ2) is 16.2. The van der Waals surface area contributed by atoms with E-state index in [9.17, 15) is 20.1 Å². The van der Waals surface area contributed by atoms with Crippen molar-refractivity contribution in [3.63, 3.8) is 0 Å². The van der Waals surface area contributed by atoms with E-state index in [1.54, 1.807) is 29.7 Å². The maximum atomic E-state index is 11.5. The van der Waals surface area contributed by atoms with Gasteiger partial charge >= 0.3 is 0 Å². The number of nitrogens with two attached hydrogens (primary N) is 1. The highest BCUT2D eigenvalue weighted by Crippen LogP contribution is 2.38. The number of aliphatic hydroxyl groups is 3. The van der Waals surface area contributed by atoms with E-state index in [2.05, 4.69) is 59.0 Å². The lowest BCUT2D eigenvalue weighted by Gasteiger charge is -2.21. The number of hydrogen-bond donors (Lipinski definition) is 6. The fraction of sp³-hybridized carbons (Fsp3) is 0.600. The maximum Gasteiger partial charge on any atom is 0.278 e. The Morgan fingerprint density at radius 3 is 1.89 bits per heavy atom. The van der Waals surface area contributed by atoms with Crippen LogP contribution in [0.25, 0.3) is 22.3 Å². The number of aromatic nitrogens is 10. The molecule has 0 aliphatic carbocycles. The molecule has 0 bridgehead atoms. The molecule has 0 amide bonds. The molecule has 9 unspecified atom stereocenters. The third kappa shape index (κ3) is 7.75. The minimum absolute atomic E-state index is 0.00168. The summed E-state index contributed by atoms with van der Waals surface area (Å²) in [5.41, 5.74) is 8.79. The molecule has 20 nitrogen and oxygen atoms in total. The summed E-state index contributed by atoms with van der Waals surface area (Å²) in [6, 6.07) is 0. The number of imidazole rings is 3. The first-order chi connectivity index (χ1) is 26.5. The van der Waals surface area contributed by atoms with E-state index in [1.807, 2.05) is 29.9 Å². The standard InChI is InChI=1S/C12H19N5O2.C12H16N4O2.C11H14N4O3/c1-6-3-9(19-8(6)4-18)17-5-14-10-11(13)15-7(2)16-12(10)17;1-7-3-11(18-10(7)5-17)16-6-14-9-4-13-8(2)15-12(9)16;1-6-2-8(18-7(6)3-16)15-5-14-9-10(15)12-4-13-11(9)17/h5-6,8-9,11,18H,3-4,13H2,1-2H3,(H,15,16);4,6-7,10-11,17H,3,5H2,1-2H3;4-8,16H,2-3H2,1H3,(H,12,13,17)/t;;6-,7?,8?/m..0/s1. The van der Waals surface area contributed by atoms with Crippen LogP contribution in [0.1, 0.15) is 83.3 Å². The van der Waals surface area contributed by atoms with Crippen LogP contribution in [0.15, 0.2) is 41.3 Å². The van der Waals surface area contributed by atoms with Crippen LogP contribution in [0.5, 0.6) is 0 Å². The summed E-state index contributed by atoms with van der Waals surface area (Å²) in [5.74, 6) is 3.25. The zero-order valence-corrected chi connectivity index (χ0v) is 31.4. The molecule has 0 spiro atoms. The van der Waals surface area contributed by atoms with Crippen LogP contribution in [-0.4, -0.2) is 108 Å². The van der Waals surface area contributed by atoms with Gasteiger partial charge in [0.2, 0.25) is 0 Å². The molecule has 10 atom stereocenters. The summed E-state index contributed by atoms with van der Waals surface area (Å²) < 4.78 is 23.0. The summed E-state index contributed by atoms with van der Waals surface area (Å²) in [6.07, 6.45) is 9.31. The summed E-state index contributed by atoms with van der Waals surface area (Å²) in [7, 11) is 0. The van der Waals surface area contributed by atoms with Gasteiger partial charge in [-0.05, 0) is 50.9 Å². The predicted molar refractivity (Wildman–Crippen MR) is 198 cm³/mol. The molecule has 0 radical (unpaired) electrons. The molecular formula is C35H49N13O7. The van der Waals surface area contributed by atoms with Gasteiger partial charge in [-0.1, -0.05) is 20.8 Å². The third-order valence-electron chi connectivity index (χ3n) is 10.6. The summed E-state index contributed by atoms with van der Waals surface area (Å²) in [5, 5.41) is 30.9. The molecule has 0 aromatic carbocycles. The van der Waals surface area contributed by atoms with Crippen molar-refractivity contribution in [2.24, 2.45) is 28.5 Å². The first-order valence-electron chi connectivity index (χ1n) is 18.5. The maximum absolute atomic E-state index is 11.5. The first-order valence-corrected chi connectivity index (χ1v) is 18.5. The molecule has 3 fully saturated rings. The molecule has 9 heterocycles. The summed E-state index contributed by atoms with van der Waals surface area (Å²) in [4.78, 5) is 43.6. The first kappa shape index (κ1) is 38.6. The van der Waals surface area contributed by atoms with Crippen LogP contribution in [0.2, 0.25) is 0 Å². The number of H-pyrrole nitrogens is 1. The average Bonchev–Trinajstić information content (AvgIpc) is 4.02. The van der Waals surface area contributed by atoms with Gasteiger partial charge in [-0.25, -0.2) is 34.9 Å². The largest absolute Gasteiger partial charge is 0.394 e. The van der Waals surface area contributed by atoms with Crippen LogP contribution < -0.4 is 16.6 Å². The van der Waals surface area contributed by atoms with E-state index in [0.29, 0.717) is 28.8 Å². The number of aryl methyl sites for hydroxylation is 1. The minimum Gasteiger partial charge on any atom is -0.394 e. The second-order valence-electron chi connectivity index (χ2n) is 14.6. The number of rotatable bonds is 6. The van der Waals surface area contributed by atoms with Gasteiger partial charge in [-0.3, -0.25) is 18.5 Å². The number of aliphatic imine (C=N–C) groups is 1. The molecule has 20 heteroatoms. The van der Waals surface area contributed by atoms with Gasteiger partial charge in [-0.15, -0.1) is 0 Å². The van der Waals surface area contributed by atoms with Gasteiger partial charge in [0, 0.05) is 0 Å². The Labute approximate surface area is 315 Å². The van der Waals surface area contributed by atoms with E-state index in [4.69, 9.17) is 19.9 Å². The van der Waals surface area contributed by atoms with E-state index in [-0.39, 0.29) is 68.3 Å².